The van der Waals surface area contributed by atoms with Gasteiger partial charge in [0.15, 0.2) is 5.82 Å². The second-order valence-corrected chi connectivity index (χ2v) is 9.97. The van der Waals surface area contributed by atoms with E-state index in [1.54, 1.807) is 4.90 Å². The summed E-state index contributed by atoms with van der Waals surface area (Å²) in [5.74, 6) is 1.95. The highest BCUT2D eigenvalue weighted by atomic mass is 16.5. The van der Waals surface area contributed by atoms with E-state index in [0.717, 1.165) is 88.3 Å². The molecule has 188 valence electrons. The number of hydrogen-bond donors (Lipinski definition) is 0. The number of benzene rings is 1. The van der Waals surface area contributed by atoms with Crippen LogP contribution in [0.5, 0.6) is 0 Å². The largest absolute Gasteiger partial charge is 0.381 e. The van der Waals surface area contributed by atoms with E-state index in [0.29, 0.717) is 0 Å². The minimum absolute atomic E-state index is 0.119. The number of pyridine rings is 1. The lowest BCUT2D eigenvalue weighted by atomic mass is 10.0. The van der Waals surface area contributed by atoms with Crippen LogP contribution in [0.3, 0.4) is 0 Å². The molecule has 8 heteroatoms. The van der Waals surface area contributed by atoms with Crippen LogP contribution in [0, 0.1) is 0 Å². The van der Waals surface area contributed by atoms with Gasteiger partial charge < -0.3 is 24.3 Å². The third kappa shape index (κ3) is 5.01. The number of fused-ring (bicyclic) bond motifs is 1. The zero-order valence-corrected chi connectivity index (χ0v) is 21.3. The lowest BCUT2D eigenvalue weighted by Crippen LogP contribution is -2.56. The molecule has 2 aromatic rings. The van der Waals surface area contributed by atoms with Crippen molar-refractivity contribution in [2.24, 2.45) is 0 Å². The maximum absolute atomic E-state index is 13.1. The summed E-state index contributed by atoms with van der Waals surface area (Å²) in [6.07, 6.45) is 1.83. The molecule has 0 aliphatic carbocycles. The summed E-state index contributed by atoms with van der Waals surface area (Å²) >= 11 is 0. The van der Waals surface area contributed by atoms with Crippen molar-refractivity contribution in [3.8, 4) is 0 Å². The summed E-state index contributed by atoms with van der Waals surface area (Å²) in [6.45, 7) is 9.73. The molecular weight excluding hydrogens is 440 g/mol. The van der Waals surface area contributed by atoms with Crippen molar-refractivity contribution < 1.29 is 9.53 Å². The quantitative estimate of drug-likeness (QED) is 0.633. The summed E-state index contributed by atoms with van der Waals surface area (Å²) in [4.78, 5) is 29.6. The zero-order chi connectivity index (χ0) is 24.4. The predicted molar refractivity (Wildman–Crippen MR) is 141 cm³/mol. The Morgan fingerprint density at radius 1 is 1.00 bits per heavy atom. The monoisotopic (exact) mass is 478 g/mol. The Morgan fingerprint density at radius 2 is 1.71 bits per heavy atom. The summed E-state index contributed by atoms with van der Waals surface area (Å²) < 4.78 is 5.62. The van der Waals surface area contributed by atoms with Crippen molar-refractivity contribution in [1.82, 2.24) is 14.8 Å². The van der Waals surface area contributed by atoms with E-state index < -0.39 is 0 Å². The van der Waals surface area contributed by atoms with Crippen LogP contribution in [-0.2, 0) is 9.53 Å². The highest BCUT2D eigenvalue weighted by Gasteiger charge is 2.39. The fourth-order valence-electron chi connectivity index (χ4n) is 5.48. The topological polar surface area (TPSA) is 55.4 Å². The number of amides is 1. The molecule has 2 saturated heterocycles. The van der Waals surface area contributed by atoms with E-state index >= 15 is 0 Å². The van der Waals surface area contributed by atoms with Gasteiger partial charge in [-0.25, -0.2) is 4.98 Å². The highest BCUT2D eigenvalue weighted by Crippen LogP contribution is 2.39. The minimum atomic E-state index is -0.242. The van der Waals surface area contributed by atoms with Gasteiger partial charge in [0, 0.05) is 71.3 Å². The summed E-state index contributed by atoms with van der Waals surface area (Å²) in [7, 11) is 4.06. The van der Waals surface area contributed by atoms with Gasteiger partial charge in [-0.15, -0.1) is 0 Å². The van der Waals surface area contributed by atoms with Crippen molar-refractivity contribution in [3.05, 3.63) is 42.5 Å². The maximum Gasteiger partial charge on any atom is 0.249 e. The van der Waals surface area contributed by atoms with Gasteiger partial charge in [0.2, 0.25) is 5.91 Å². The molecule has 1 atom stereocenters. The van der Waals surface area contributed by atoms with Crippen LogP contribution in [0.1, 0.15) is 19.8 Å². The Hall–Kier alpha value is -2.68. The van der Waals surface area contributed by atoms with E-state index in [4.69, 9.17) is 9.72 Å². The number of nitrogens with zero attached hydrogens (tertiary/aromatic N) is 6. The Kier molecular flexibility index (Phi) is 7.22. The highest BCUT2D eigenvalue weighted by molar-refractivity contribution is 6.04. The molecule has 35 heavy (non-hydrogen) atoms. The van der Waals surface area contributed by atoms with Crippen molar-refractivity contribution >= 4 is 28.9 Å². The van der Waals surface area contributed by atoms with Crippen molar-refractivity contribution in [2.75, 3.05) is 81.3 Å². The molecule has 3 aliphatic rings. The zero-order valence-electron chi connectivity index (χ0n) is 21.3. The van der Waals surface area contributed by atoms with Crippen LogP contribution in [0.25, 0.3) is 0 Å². The standard InChI is InChI=1S/C27H38N6O2/c1-21-27(34)30(3)24-9-10-25(28-26(24)33(21)23-11-19-35-20-12-23)32(22-7-5-4-6-8-22)18-17-31-15-13-29(2)14-16-31/h4-10,21,23H,11-20H2,1-3H3/t21-/m1/s1. The van der Waals surface area contributed by atoms with Gasteiger partial charge in [0.05, 0.1) is 5.69 Å². The van der Waals surface area contributed by atoms with Crippen molar-refractivity contribution in [3.63, 3.8) is 0 Å². The Labute approximate surface area is 209 Å². The number of para-hydroxylation sites is 1. The molecule has 8 nitrogen and oxygen atoms in total. The molecule has 5 rings (SSSR count). The number of piperazine rings is 1. The van der Waals surface area contributed by atoms with Crippen LogP contribution in [-0.4, -0.2) is 99.4 Å². The second-order valence-electron chi connectivity index (χ2n) is 9.97. The van der Waals surface area contributed by atoms with E-state index in [2.05, 4.69) is 69.1 Å². The van der Waals surface area contributed by atoms with Gasteiger partial charge in [-0.05, 0) is 51.1 Å². The van der Waals surface area contributed by atoms with Gasteiger partial charge in [0.1, 0.15) is 11.9 Å². The molecule has 1 aromatic heterocycles. The number of carbonyl (C=O) groups excluding carboxylic acids is 1. The third-order valence-corrected chi connectivity index (χ3v) is 7.72. The minimum Gasteiger partial charge on any atom is -0.381 e. The summed E-state index contributed by atoms with van der Waals surface area (Å²) in [5, 5.41) is 0. The number of rotatable bonds is 6. The summed E-state index contributed by atoms with van der Waals surface area (Å²) in [6, 6.07) is 14.7. The number of ether oxygens (including phenoxy) is 1. The van der Waals surface area contributed by atoms with Crippen molar-refractivity contribution in [1.29, 1.82) is 0 Å². The van der Waals surface area contributed by atoms with Gasteiger partial charge in [0.25, 0.3) is 0 Å². The average molecular weight is 479 g/mol. The average Bonchev–Trinajstić information content (AvgIpc) is 2.90. The molecule has 1 amide bonds. The van der Waals surface area contributed by atoms with Crippen LogP contribution in [0.15, 0.2) is 42.5 Å². The van der Waals surface area contributed by atoms with Crippen molar-refractivity contribution in [2.45, 2.75) is 31.8 Å². The Balaban J connectivity index is 1.47. The number of hydrogen-bond acceptors (Lipinski definition) is 7. The van der Waals surface area contributed by atoms with E-state index in [1.165, 1.54) is 0 Å². The summed E-state index contributed by atoms with van der Waals surface area (Å²) in [5.41, 5.74) is 2.02. The van der Waals surface area contributed by atoms with Crippen LogP contribution in [0.4, 0.5) is 23.0 Å². The van der Waals surface area contributed by atoms with Crippen LogP contribution >= 0.6 is 0 Å². The first-order valence-electron chi connectivity index (χ1n) is 12.9. The molecule has 1 aromatic carbocycles. The molecule has 2 fully saturated rings. The fraction of sp³-hybridized carbons (Fsp3) is 0.556. The number of aromatic nitrogens is 1. The lowest BCUT2D eigenvalue weighted by Gasteiger charge is -2.45. The van der Waals surface area contributed by atoms with Gasteiger partial charge in [-0.2, -0.15) is 0 Å². The van der Waals surface area contributed by atoms with Crippen LogP contribution < -0.4 is 14.7 Å². The molecule has 3 aliphatic heterocycles. The normalized spacial score (nSPS) is 22.4. The van der Waals surface area contributed by atoms with E-state index in [1.807, 2.05) is 14.0 Å². The third-order valence-electron chi connectivity index (χ3n) is 7.72. The fourth-order valence-corrected chi connectivity index (χ4v) is 5.48. The van der Waals surface area contributed by atoms with Gasteiger partial charge >= 0.3 is 0 Å². The first-order valence-corrected chi connectivity index (χ1v) is 12.9. The molecule has 0 unspecified atom stereocenters. The molecule has 0 saturated carbocycles. The molecular formula is C27H38N6O2. The Morgan fingerprint density at radius 3 is 2.43 bits per heavy atom. The predicted octanol–water partition coefficient (Wildman–Crippen LogP) is 2.82. The number of carbonyl (C=O) groups is 1. The molecule has 0 spiro atoms. The van der Waals surface area contributed by atoms with E-state index in [9.17, 15) is 4.79 Å². The first-order chi connectivity index (χ1) is 17.0. The van der Waals surface area contributed by atoms with Crippen LogP contribution in [0.2, 0.25) is 0 Å². The van der Waals surface area contributed by atoms with Gasteiger partial charge in [-0.1, -0.05) is 18.2 Å². The molecule has 4 heterocycles. The van der Waals surface area contributed by atoms with Gasteiger partial charge in [-0.3, -0.25) is 9.69 Å². The molecule has 0 bridgehead atoms. The molecule has 0 N–H and O–H groups in total. The molecule has 0 radical (unpaired) electrons. The van der Waals surface area contributed by atoms with E-state index in [-0.39, 0.29) is 18.0 Å². The Bertz CT molecular complexity index is 1000. The maximum atomic E-state index is 13.1. The lowest BCUT2D eigenvalue weighted by molar-refractivity contribution is -0.119. The first kappa shape index (κ1) is 24.0. The smallest absolute Gasteiger partial charge is 0.249 e. The SMILES string of the molecule is C[C@@H]1C(=O)N(C)c2ccc(N(CCN3CCN(C)CC3)c3ccccc3)nc2N1C1CCOCC1. The number of likely N-dealkylation sites (N-methyl/N-ethyl adjacent to an activating group) is 2. The second kappa shape index (κ2) is 10.5. The number of anilines is 4.